The molecule has 0 aliphatic heterocycles. The highest BCUT2D eigenvalue weighted by Gasteiger charge is 2.26. The van der Waals surface area contributed by atoms with Gasteiger partial charge >= 0.3 is 0 Å². The van der Waals surface area contributed by atoms with Crippen molar-refractivity contribution in [2.45, 2.75) is 59.0 Å². The van der Waals surface area contributed by atoms with Crippen LogP contribution in [-0.2, 0) is 0 Å². The normalized spacial score (nSPS) is 16.6. The zero-order chi connectivity index (χ0) is 13.8. The van der Waals surface area contributed by atoms with Crippen molar-refractivity contribution in [1.82, 2.24) is 15.1 Å². The van der Waals surface area contributed by atoms with Crippen LogP contribution in [0.3, 0.4) is 0 Å². The Hall–Kier alpha value is -0.870. The zero-order valence-corrected chi connectivity index (χ0v) is 12.3. The van der Waals surface area contributed by atoms with Crippen LogP contribution in [0.5, 0.6) is 0 Å². The van der Waals surface area contributed by atoms with Crippen LogP contribution in [-0.4, -0.2) is 33.6 Å². The Morgan fingerprint density at radius 3 is 2.61 bits per heavy atom. The average Bonchev–Trinajstić information content (AvgIpc) is 2.66. The summed E-state index contributed by atoms with van der Waals surface area (Å²) in [6.45, 7) is 11.5. The van der Waals surface area contributed by atoms with Crippen LogP contribution < -0.4 is 5.32 Å². The molecule has 4 nitrogen and oxygen atoms in total. The summed E-state index contributed by atoms with van der Waals surface area (Å²) in [5.41, 5.74) is 1.99. The van der Waals surface area contributed by atoms with E-state index in [9.17, 15) is 5.11 Å². The number of aliphatic hydroxyl groups is 1. The predicted molar refractivity (Wildman–Crippen MR) is 74.8 cm³/mol. The maximum absolute atomic E-state index is 9.59. The van der Waals surface area contributed by atoms with E-state index in [4.69, 9.17) is 0 Å². The molecule has 4 heteroatoms. The van der Waals surface area contributed by atoms with Crippen molar-refractivity contribution in [3.63, 3.8) is 0 Å². The van der Waals surface area contributed by atoms with Gasteiger partial charge in [-0.1, -0.05) is 6.92 Å². The first-order valence-electron chi connectivity index (χ1n) is 6.80. The van der Waals surface area contributed by atoms with Gasteiger partial charge in [-0.25, -0.2) is 0 Å². The monoisotopic (exact) mass is 253 g/mol. The molecule has 0 aliphatic rings. The van der Waals surface area contributed by atoms with E-state index in [1.165, 1.54) is 5.69 Å². The van der Waals surface area contributed by atoms with Gasteiger partial charge in [0, 0.05) is 11.2 Å². The Bertz CT molecular complexity index is 375. The van der Waals surface area contributed by atoms with E-state index in [1.54, 1.807) is 0 Å². The molecule has 0 fully saturated rings. The van der Waals surface area contributed by atoms with Crippen molar-refractivity contribution in [3.8, 4) is 0 Å². The minimum atomic E-state index is -0.234. The van der Waals surface area contributed by atoms with Crippen LogP contribution in [0.1, 0.15) is 51.0 Å². The molecule has 0 bridgehead atoms. The molecule has 0 amide bonds. The molecule has 1 heterocycles. The highest BCUT2D eigenvalue weighted by molar-refractivity contribution is 5.07. The van der Waals surface area contributed by atoms with Gasteiger partial charge < -0.3 is 10.4 Å². The average molecular weight is 253 g/mol. The minimum Gasteiger partial charge on any atom is -0.394 e. The van der Waals surface area contributed by atoms with Crippen molar-refractivity contribution >= 4 is 0 Å². The lowest BCUT2D eigenvalue weighted by Gasteiger charge is -2.32. The summed E-state index contributed by atoms with van der Waals surface area (Å²) in [7, 11) is 0. The number of aryl methyl sites for hydroxylation is 2. The van der Waals surface area contributed by atoms with Gasteiger partial charge in [0.1, 0.15) is 0 Å². The minimum absolute atomic E-state index is 0.149. The topological polar surface area (TPSA) is 50.1 Å². The number of nitrogens with zero attached hydrogens (tertiary/aromatic N) is 2. The third-order valence-corrected chi connectivity index (χ3v) is 3.36. The van der Waals surface area contributed by atoms with E-state index in [2.05, 4.69) is 48.9 Å². The smallest absolute Gasteiger partial charge is 0.0611 e. The summed E-state index contributed by atoms with van der Waals surface area (Å²) >= 11 is 0. The zero-order valence-electron chi connectivity index (χ0n) is 12.3. The van der Waals surface area contributed by atoms with E-state index < -0.39 is 0 Å². The quantitative estimate of drug-likeness (QED) is 0.783. The predicted octanol–water partition coefficient (Wildman–Crippen LogP) is 2.20. The molecular formula is C14H27N3O. The van der Waals surface area contributed by atoms with E-state index in [0.717, 1.165) is 25.1 Å². The lowest BCUT2D eigenvalue weighted by atomic mass is 9.94. The van der Waals surface area contributed by atoms with Gasteiger partial charge in [-0.2, -0.15) is 5.10 Å². The standard InChI is InChI=1S/C14H27N3O/c1-6-7-15-14(5,10-18)9-13(4)17-12(3)8-11(2)16-17/h8,13,15,18H,6-7,9-10H2,1-5H3. The lowest BCUT2D eigenvalue weighted by Crippen LogP contribution is -2.47. The van der Waals surface area contributed by atoms with Gasteiger partial charge in [-0.3, -0.25) is 4.68 Å². The number of hydrogen-bond donors (Lipinski definition) is 2. The second kappa shape index (κ2) is 6.34. The molecule has 0 aromatic carbocycles. The molecule has 0 saturated heterocycles. The van der Waals surface area contributed by atoms with Gasteiger partial charge in [-0.15, -0.1) is 0 Å². The van der Waals surface area contributed by atoms with Crippen LogP contribution >= 0.6 is 0 Å². The lowest BCUT2D eigenvalue weighted by molar-refractivity contribution is 0.148. The molecule has 18 heavy (non-hydrogen) atoms. The van der Waals surface area contributed by atoms with E-state index in [1.807, 2.05) is 6.92 Å². The number of nitrogens with one attached hydrogen (secondary N) is 1. The summed E-state index contributed by atoms with van der Waals surface area (Å²) in [6, 6.07) is 2.37. The van der Waals surface area contributed by atoms with Gasteiger partial charge in [-0.05, 0) is 53.1 Å². The molecule has 1 rings (SSSR count). The molecular weight excluding hydrogens is 226 g/mol. The SMILES string of the molecule is CCCNC(C)(CO)CC(C)n1nc(C)cc1C. The number of aliphatic hydroxyl groups excluding tert-OH is 1. The first kappa shape index (κ1) is 15.2. The summed E-state index contributed by atoms with van der Waals surface area (Å²) in [5.74, 6) is 0. The number of rotatable bonds is 7. The Balaban J connectivity index is 2.72. The molecule has 0 radical (unpaired) electrons. The third-order valence-electron chi connectivity index (χ3n) is 3.36. The molecule has 0 aliphatic carbocycles. The van der Waals surface area contributed by atoms with Gasteiger partial charge in [0.2, 0.25) is 0 Å². The molecule has 0 spiro atoms. The molecule has 0 saturated carbocycles. The fraction of sp³-hybridized carbons (Fsp3) is 0.786. The summed E-state index contributed by atoms with van der Waals surface area (Å²) in [4.78, 5) is 0. The van der Waals surface area contributed by atoms with Crippen molar-refractivity contribution in [2.75, 3.05) is 13.2 Å². The van der Waals surface area contributed by atoms with Crippen molar-refractivity contribution in [3.05, 3.63) is 17.5 Å². The largest absolute Gasteiger partial charge is 0.394 e. The maximum Gasteiger partial charge on any atom is 0.0611 e. The van der Waals surface area contributed by atoms with Crippen molar-refractivity contribution in [2.24, 2.45) is 0 Å². The van der Waals surface area contributed by atoms with Crippen molar-refractivity contribution in [1.29, 1.82) is 0 Å². The molecule has 2 N–H and O–H groups in total. The second-order valence-corrected chi connectivity index (χ2v) is 5.57. The van der Waals surface area contributed by atoms with Gasteiger partial charge in [0.15, 0.2) is 0 Å². The highest BCUT2D eigenvalue weighted by Crippen LogP contribution is 2.22. The van der Waals surface area contributed by atoms with Crippen LogP contribution in [0.2, 0.25) is 0 Å². The Kier molecular flexibility index (Phi) is 5.35. The van der Waals surface area contributed by atoms with Crippen LogP contribution in [0.4, 0.5) is 0 Å². The number of hydrogen-bond acceptors (Lipinski definition) is 3. The summed E-state index contributed by atoms with van der Waals surface area (Å²) in [5, 5.41) is 17.5. The van der Waals surface area contributed by atoms with Gasteiger partial charge in [0.25, 0.3) is 0 Å². The first-order chi connectivity index (χ1) is 8.41. The first-order valence-corrected chi connectivity index (χ1v) is 6.80. The molecule has 104 valence electrons. The van der Waals surface area contributed by atoms with Crippen LogP contribution in [0, 0.1) is 13.8 Å². The fourth-order valence-corrected chi connectivity index (χ4v) is 2.45. The Morgan fingerprint density at radius 1 is 1.50 bits per heavy atom. The second-order valence-electron chi connectivity index (χ2n) is 5.57. The van der Waals surface area contributed by atoms with E-state index in [0.29, 0.717) is 0 Å². The maximum atomic E-state index is 9.59. The number of aromatic nitrogens is 2. The molecule has 1 aromatic heterocycles. The van der Waals surface area contributed by atoms with Gasteiger partial charge in [0.05, 0.1) is 18.3 Å². The molecule has 2 atom stereocenters. The fourth-order valence-electron chi connectivity index (χ4n) is 2.45. The molecule has 1 aromatic rings. The van der Waals surface area contributed by atoms with Crippen LogP contribution in [0.15, 0.2) is 6.07 Å². The van der Waals surface area contributed by atoms with E-state index >= 15 is 0 Å². The van der Waals surface area contributed by atoms with Crippen molar-refractivity contribution < 1.29 is 5.11 Å². The Labute approximate surface area is 110 Å². The van der Waals surface area contributed by atoms with E-state index in [-0.39, 0.29) is 18.2 Å². The van der Waals surface area contributed by atoms with Crippen LogP contribution in [0.25, 0.3) is 0 Å². The highest BCUT2D eigenvalue weighted by atomic mass is 16.3. The Morgan fingerprint density at radius 2 is 2.17 bits per heavy atom. The summed E-state index contributed by atoms with van der Waals surface area (Å²) in [6.07, 6.45) is 1.94. The molecule has 2 unspecified atom stereocenters. The third kappa shape index (κ3) is 3.82. The summed E-state index contributed by atoms with van der Waals surface area (Å²) < 4.78 is 2.05.